The number of hydrogen-bond acceptors (Lipinski definition) is 5. The van der Waals surface area contributed by atoms with E-state index < -0.39 is 32.6 Å². The lowest BCUT2D eigenvalue weighted by molar-refractivity contribution is -0.135. The molecular formula is C4H13N2O8P. The summed E-state index contributed by atoms with van der Waals surface area (Å²) >= 11 is 0. The zero-order valence-electron chi connectivity index (χ0n) is 7.53. The number of carboxylic acids is 1. The summed E-state index contributed by atoms with van der Waals surface area (Å²) in [6.45, 7) is -0.439. The lowest BCUT2D eigenvalue weighted by Gasteiger charge is -2.02. The topological polar surface area (TPSA) is 199 Å². The minimum Gasteiger partial charge on any atom is -0.480 e. The number of rotatable bonds is 4. The fourth-order valence-electron chi connectivity index (χ4n) is 0.308. The molecule has 0 fully saturated rings. The average molecular weight is 248 g/mol. The van der Waals surface area contributed by atoms with Crippen molar-refractivity contribution in [2.45, 2.75) is 0 Å². The molecule has 0 saturated carbocycles. The Bertz CT molecular complexity index is 233. The van der Waals surface area contributed by atoms with E-state index >= 15 is 0 Å². The molecule has 0 atom stereocenters. The highest BCUT2D eigenvalue weighted by Crippen LogP contribution is 2.31. The first-order valence-electron chi connectivity index (χ1n) is 3.04. The quantitative estimate of drug-likeness (QED) is 0.308. The van der Waals surface area contributed by atoms with Crippen LogP contribution in [0.15, 0.2) is 0 Å². The van der Waals surface area contributed by atoms with Gasteiger partial charge in [0.1, 0.15) is 0 Å². The molecule has 0 aliphatic rings. The van der Waals surface area contributed by atoms with Gasteiger partial charge in [-0.1, -0.05) is 0 Å². The molecule has 0 rings (SSSR count). The monoisotopic (exact) mass is 248 g/mol. The SMILES string of the molecule is N.O=C(O)CNCP(=O)(O)O.O=C(O)O. The van der Waals surface area contributed by atoms with Gasteiger partial charge in [0.2, 0.25) is 0 Å². The summed E-state index contributed by atoms with van der Waals surface area (Å²) in [6, 6.07) is 0. The van der Waals surface area contributed by atoms with Crippen molar-refractivity contribution in [3.63, 3.8) is 0 Å². The Morgan fingerprint density at radius 2 is 1.47 bits per heavy atom. The Morgan fingerprint density at radius 1 is 1.13 bits per heavy atom. The van der Waals surface area contributed by atoms with Crippen LogP contribution in [0.25, 0.3) is 0 Å². The van der Waals surface area contributed by atoms with E-state index in [-0.39, 0.29) is 6.15 Å². The largest absolute Gasteiger partial charge is 0.503 e. The second kappa shape index (κ2) is 9.37. The second-order valence-electron chi connectivity index (χ2n) is 1.93. The summed E-state index contributed by atoms with van der Waals surface area (Å²) < 4.78 is 10.1. The van der Waals surface area contributed by atoms with Crippen LogP contribution in [0.1, 0.15) is 0 Å². The van der Waals surface area contributed by atoms with Gasteiger partial charge in [-0.2, -0.15) is 0 Å². The number of aliphatic carboxylic acids is 1. The molecule has 0 spiro atoms. The van der Waals surface area contributed by atoms with Crippen molar-refractivity contribution in [3.8, 4) is 0 Å². The maximum Gasteiger partial charge on any atom is 0.503 e. The lowest BCUT2D eigenvalue weighted by atomic mass is 10.7. The maximum absolute atomic E-state index is 10.1. The standard InChI is InChI=1S/C3H8NO5P.CH2O3.H3N/c5-3(6)1-4-2-10(7,8)9;2-1(3)4;/h4H,1-2H2,(H,5,6)(H2,7,8,9);(H2,2,3,4);1H3. The summed E-state index contributed by atoms with van der Waals surface area (Å²) in [5, 5.41) is 24.0. The van der Waals surface area contributed by atoms with E-state index in [9.17, 15) is 9.36 Å². The molecular weight excluding hydrogens is 235 g/mol. The Hall–Kier alpha value is -1.19. The number of carbonyl (C=O) groups is 2. The molecule has 0 saturated heterocycles. The van der Waals surface area contributed by atoms with E-state index in [4.69, 9.17) is 29.9 Å². The molecule has 11 heteroatoms. The van der Waals surface area contributed by atoms with Gasteiger partial charge in [0.15, 0.2) is 0 Å². The predicted octanol–water partition coefficient (Wildman–Crippen LogP) is -0.820. The molecule has 0 aromatic rings. The van der Waals surface area contributed by atoms with Gasteiger partial charge in [-0.3, -0.25) is 14.7 Å². The van der Waals surface area contributed by atoms with Gasteiger partial charge in [-0.25, -0.2) is 4.79 Å². The lowest BCUT2D eigenvalue weighted by Crippen LogP contribution is -2.23. The third-order valence-electron chi connectivity index (χ3n) is 0.594. The van der Waals surface area contributed by atoms with Gasteiger partial charge in [-0.05, 0) is 0 Å². The highest BCUT2D eigenvalue weighted by molar-refractivity contribution is 7.51. The smallest absolute Gasteiger partial charge is 0.480 e. The Kier molecular flexibility index (Phi) is 12.1. The van der Waals surface area contributed by atoms with Crippen LogP contribution in [0.5, 0.6) is 0 Å². The van der Waals surface area contributed by atoms with Crippen LogP contribution < -0.4 is 11.5 Å². The molecule has 0 radical (unpaired) electrons. The van der Waals surface area contributed by atoms with Crippen LogP contribution in [-0.2, 0) is 9.36 Å². The van der Waals surface area contributed by atoms with Crippen LogP contribution in [0.2, 0.25) is 0 Å². The van der Waals surface area contributed by atoms with Crippen LogP contribution in [0.4, 0.5) is 4.79 Å². The summed E-state index contributed by atoms with van der Waals surface area (Å²) in [5.41, 5.74) is 0. The first-order valence-corrected chi connectivity index (χ1v) is 4.84. The highest BCUT2D eigenvalue weighted by atomic mass is 31.2. The summed E-state index contributed by atoms with van der Waals surface area (Å²) in [7, 11) is -4.10. The van der Waals surface area contributed by atoms with E-state index in [2.05, 4.69) is 5.32 Å². The molecule has 15 heavy (non-hydrogen) atoms. The maximum atomic E-state index is 10.1. The molecule has 0 heterocycles. The first-order chi connectivity index (χ1) is 6.15. The van der Waals surface area contributed by atoms with Crippen molar-refractivity contribution in [1.82, 2.24) is 11.5 Å². The van der Waals surface area contributed by atoms with Crippen LogP contribution >= 0.6 is 7.60 Å². The van der Waals surface area contributed by atoms with Gasteiger partial charge in [0.25, 0.3) is 0 Å². The van der Waals surface area contributed by atoms with Crippen molar-refractivity contribution in [3.05, 3.63) is 0 Å². The van der Waals surface area contributed by atoms with Gasteiger partial charge >= 0.3 is 19.7 Å². The fourth-order valence-corrected chi connectivity index (χ4v) is 0.712. The molecule has 0 bridgehead atoms. The molecule has 92 valence electrons. The van der Waals surface area contributed by atoms with E-state index in [1.165, 1.54) is 0 Å². The molecule has 0 aromatic carbocycles. The Balaban J connectivity index is -0.000000249. The molecule has 0 unspecified atom stereocenters. The summed E-state index contributed by atoms with van der Waals surface area (Å²) in [4.78, 5) is 34.7. The molecule has 10 nitrogen and oxygen atoms in total. The van der Waals surface area contributed by atoms with E-state index in [0.29, 0.717) is 0 Å². The number of hydrogen-bond donors (Lipinski definition) is 7. The van der Waals surface area contributed by atoms with E-state index in [0.717, 1.165) is 0 Å². The van der Waals surface area contributed by atoms with E-state index in [1.54, 1.807) is 0 Å². The first kappa shape index (κ1) is 19.4. The second-order valence-corrected chi connectivity index (χ2v) is 3.57. The van der Waals surface area contributed by atoms with Crippen molar-refractivity contribution in [2.24, 2.45) is 0 Å². The van der Waals surface area contributed by atoms with E-state index in [1.807, 2.05) is 0 Å². The van der Waals surface area contributed by atoms with Crippen molar-refractivity contribution in [1.29, 1.82) is 0 Å². The zero-order valence-corrected chi connectivity index (χ0v) is 8.42. The molecule has 0 amide bonds. The average Bonchev–Trinajstić information content (AvgIpc) is 1.80. The van der Waals surface area contributed by atoms with Crippen molar-refractivity contribution >= 4 is 19.7 Å². The summed E-state index contributed by atoms with van der Waals surface area (Å²) in [5.74, 6) is -1.14. The predicted molar refractivity (Wildman–Crippen MR) is 48.2 cm³/mol. The number of nitrogens with one attached hydrogen (secondary N) is 1. The fraction of sp³-hybridized carbons (Fsp3) is 0.500. The molecule has 0 aliphatic carbocycles. The minimum atomic E-state index is -4.10. The van der Waals surface area contributed by atoms with Gasteiger partial charge in [0, 0.05) is 0 Å². The van der Waals surface area contributed by atoms with Gasteiger partial charge < -0.3 is 31.3 Å². The van der Waals surface area contributed by atoms with Gasteiger partial charge in [-0.15, -0.1) is 0 Å². The summed E-state index contributed by atoms with van der Waals surface area (Å²) in [6.07, 6.45) is -2.43. The van der Waals surface area contributed by atoms with Crippen molar-refractivity contribution < 1.29 is 39.3 Å². The third kappa shape index (κ3) is 44.3. The molecule has 9 N–H and O–H groups in total. The van der Waals surface area contributed by atoms with Crippen LogP contribution in [-0.4, -0.2) is 50.1 Å². The number of carboxylic acid groups (broad SMARTS) is 3. The van der Waals surface area contributed by atoms with Gasteiger partial charge in [0.05, 0.1) is 12.8 Å². The third-order valence-corrected chi connectivity index (χ3v) is 1.23. The molecule has 0 aromatic heterocycles. The normalized spacial score (nSPS) is 9.20. The highest BCUT2D eigenvalue weighted by Gasteiger charge is 2.11. The molecule has 0 aliphatic heterocycles. The minimum absolute atomic E-state index is 0. The Labute approximate surface area is 84.3 Å². The zero-order chi connectivity index (χ0) is 11.8. The van der Waals surface area contributed by atoms with Crippen molar-refractivity contribution in [2.75, 3.05) is 12.8 Å². The Morgan fingerprint density at radius 3 is 1.67 bits per heavy atom. The van der Waals surface area contributed by atoms with Crippen LogP contribution in [0.3, 0.4) is 0 Å². The van der Waals surface area contributed by atoms with Crippen LogP contribution in [0, 0.1) is 0 Å².